The maximum absolute atomic E-state index is 12.7. The van der Waals surface area contributed by atoms with Crippen LogP contribution in [-0.2, 0) is 6.42 Å². The molecule has 0 aliphatic carbocycles. The summed E-state index contributed by atoms with van der Waals surface area (Å²) in [4.78, 5) is 25.7. The Balaban J connectivity index is 1.73. The number of carbonyl (C=O) groups excluding carboxylic acids is 1. The van der Waals surface area contributed by atoms with Gasteiger partial charge in [-0.25, -0.2) is 14.5 Å². The second-order valence-corrected chi connectivity index (χ2v) is 6.94. The minimum Gasteiger partial charge on any atom is -0.285 e. The molecule has 0 fully saturated rings. The number of pyridine rings is 1. The van der Waals surface area contributed by atoms with Crippen molar-refractivity contribution in [2.24, 2.45) is 4.99 Å². The summed E-state index contributed by atoms with van der Waals surface area (Å²) in [6.07, 6.45) is 6.43. The number of ketones is 1. The molecule has 23 heavy (non-hydrogen) atoms. The van der Waals surface area contributed by atoms with Crippen LogP contribution in [0.25, 0.3) is 5.65 Å². The van der Waals surface area contributed by atoms with Crippen LogP contribution in [0.3, 0.4) is 0 Å². The Morgan fingerprint density at radius 2 is 1.91 bits per heavy atom. The van der Waals surface area contributed by atoms with Gasteiger partial charge in [-0.3, -0.25) is 9.78 Å². The zero-order valence-electron chi connectivity index (χ0n) is 11.7. The number of halogens is 2. The summed E-state index contributed by atoms with van der Waals surface area (Å²) in [5, 5.41) is 4.29. The number of hydrogen-bond acceptors (Lipinski definition) is 5. The molecule has 0 amide bonds. The minimum atomic E-state index is -0.169. The smallest absolute Gasteiger partial charge is 0.227 e. The normalized spacial score (nSPS) is 13.7. The SMILES string of the molecule is O=C(C1=Nc2cc(Br)cnc2CC1)c1cc2ncc(Br)cn2n1. The molecule has 3 aromatic heterocycles. The van der Waals surface area contributed by atoms with Gasteiger partial charge in [-0.1, -0.05) is 0 Å². The van der Waals surface area contributed by atoms with Gasteiger partial charge in [-0.2, -0.15) is 5.10 Å². The number of nitrogens with zero attached hydrogens (tertiary/aromatic N) is 5. The minimum absolute atomic E-state index is 0.169. The number of aryl methyl sites for hydroxylation is 1. The summed E-state index contributed by atoms with van der Waals surface area (Å²) in [6.45, 7) is 0. The Kier molecular flexibility index (Phi) is 3.57. The zero-order valence-corrected chi connectivity index (χ0v) is 14.9. The van der Waals surface area contributed by atoms with Gasteiger partial charge in [0.05, 0.1) is 21.6 Å². The molecule has 0 aromatic carbocycles. The number of fused-ring (bicyclic) bond motifs is 2. The second kappa shape index (κ2) is 5.61. The van der Waals surface area contributed by atoms with E-state index >= 15 is 0 Å². The summed E-state index contributed by atoms with van der Waals surface area (Å²) in [5.74, 6) is -0.169. The first-order chi connectivity index (χ1) is 11.1. The number of aliphatic imine (C=N–C) groups is 1. The maximum Gasteiger partial charge on any atom is 0.227 e. The predicted octanol–water partition coefficient (Wildman–Crippen LogP) is 3.55. The van der Waals surface area contributed by atoms with Gasteiger partial charge in [-0.05, 0) is 50.8 Å². The maximum atomic E-state index is 12.7. The standard InChI is InChI=1S/C15H9Br2N5O/c16-8-3-12-10(18-5-8)1-2-11(20-12)15(23)13-4-14-19-6-9(17)7-22(14)21-13/h3-7H,1-2H2. The molecule has 4 rings (SSSR count). The van der Waals surface area contributed by atoms with E-state index in [9.17, 15) is 4.79 Å². The first kappa shape index (κ1) is 14.6. The van der Waals surface area contributed by atoms with E-state index in [1.54, 1.807) is 29.2 Å². The fourth-order valence-electron chi connectivity index (χ4n) is 2.46. The van der Waals surface area contributed by atoms with Gasteiger partial charge < -0.3 is 0 Å². The zero-order chi connectivity index (χ0) is 16.0. The molecule has 3 aromatic rings. The Hall–Kier alpha value is -1.93. The van der Waals surface area contributed by atoms with Gasteiger partial charge >= 0.3 is 0 Å². The van der Waals surface area contributed by atoms with Crippen molar-refractivity contribution in [2.45, 2.75) is 12.8 Å². The van der Waals surface area contributed by atoms with E-state index in [0.717, 1.165) is 20.3 Å². The van der Waals surface area contributed by atoms with Crippen LogP contribution in [0.4, 0.5) is 5.69 Å². The highest BCUT2D eigenvalue weighted by molar-refractivity contribution is 9.10. The van der Waals surface area contributed by atoms with Crippen molar-refractivity contribution < 1.29 is 4.79 Å². The molecule has 0 spiro atoms. The van der Waals surface area contributed by atoms with Gasteiger partial charge in [0.2, 0.25) is 5.78 Å². The summed E-state index contributed by atoms with van der Waals surface area (Å²) >= 11 is 6.71. The van der Waals surface area contributed by atoms with Crippen LogP contribution >= 0.6 is 31.9 Å². The lowest BCUT2D eigenvalue weighted by Gasteiger charge is -2.13. The monoisotopic (exact) mass is 433 g/mol. The fraction of sp³-hybridized carbons (Fsp3) is 0.133. The molecular formula is C15H9Br2N5O. The van der Waals surface area contributed by atoms with Crippen LogP contribution in [0.5, 0.6) is 0 Å². The van der Waals surface area contributed by atoms with Gasteiger partial charge in [0.25, 0.3) is 0 Å². The highest BCUT2D eigenvalue weighted by atomic mass is 79.9. The quantitative estimate of drug-likeness (QED) is 0.578. The van der Waals surface area contributed by atoms with E-state index < -0.39 is 0 Å². The van der Waals surface area contributed by atoms with E-state index in [2.05, 4.69) is 51.9 Å². The molecule has 1 aliphatic rings. The summed E-state index contributed by atoms with van der Waals surface area (Å²) in [6, 6.07) is 3.54. The van der Waals surface area contributed by atoms with E-state index in [4.69, 9.17) is 0 Å². The van der Waals surface area contributed by atoms with Gasteiger partial charge in [0, 0.05) is 29.1 Å². The topological polar surface area (TPSA) is 72.5 Å². The number of carbonyl (C=O) groups is 1. The third-order valence-corrected chi connectivity index (χ3v) is 4.39. The van der Waals surface area contributed by atoms with Crippen molar-refractivity contribution in [1.29, 1.82) is 0 Å². The Morgan fingerprint density at radius 1 is 1.09 bits per heavy atom. The lowest BCUT2D eigenvalue weighted by atomic mass is 10.0. The number of hydrogen-bond donors (Lipinski definition) is 0. The second-order valence-electron chi connectivity index (χ2n) is 5.11. The Bertz CT molecular complexity index is 979. The highest BCUT2D eigenvalue weighted by Crippen LogP contribution is 2.27. The fourth-order valence-corrected chi connectivity index (χ4v) is 3.08. The summed E-state index contributed by atoms with van der Waals surface area (Å²) < 4.78 is 3.22. The van der Waals surface area contributed by atoms with Crippen molar-refractivity contribution in [3.8, 4) is 0 Å². The van der Waals surface area contributed by atoms with E-state index in [-0.39, 0.29) is 5.78 Å². The molecule has 114 valence electrons. The number of Topliss-reactive ketones (excluding diaryl/α,β-unsaturated/α-hetero) is 1. The lowest BCUT2D eigenvalue weighted by molar-refractivity contribution is 0.105. The van der Waals surface area contributed by atoms with Crippen LogP contribution < -0.4 is 0 Å². The molecule has 0 bridgehead atoms. The van der Waals surface area contributed by atoms with Crippen molar-refractivity contribution in [1.82, 2.24) is 19.6 Å². The number of rotatable bonds is 2. The average molecular weight is 435 g/mol. The average Bonchev–Trinajstić information content (AvgIpc) is 2.96. The van der Waals surface area contributed by atoms with Crippen molar-refractivity contribution >= 4 is 54.7 Å². The van der Waals surface area contributed by atoms with Crippen LogP contribution in [-0.4, -0.2) is 31.1 Å². The molecule has 1 aliphatic heterocycles. The highest BCUT2D eigenvalue weighted by Gasteiger charge is 2.22. The molecular weight excluding hydrogens is 426 g/mol. The molecule has 0 radical (unpaired) electrons. The van der Waals surface area contributed by atoms with E-state index in [1.807, 2.05) is 6.07 Å². The molecule has 4 heterocycles. The van der Waals surface area contributed by atoms with Crippen LogP contribution in [0.15, 0.2) is 44.7 Å². The third kappa shape index (κ3) is 2.72. The molecule has 0 unspecified atom stereocenters. The first-order valence-electron chi connectivity index (χ1n) is 6.88. The first-order valence-corrected chi connectivity index (χ1v) is 8.46. The Labute approximate surface area is 147 Å². The number of aromatic nitrogens is 4. The molecule has 0 N–H and O–H groups in total. The summed E-state index contributed by atoms with van der Waals surface area (Å²) in [7, 11) is 0. The van der Waals surface area contributed by atoms with Crippen molar-refractivity contribution in [2.75, 3.05) is 0 Å². The third-order valence-electron chi connectivity index (χ3n) is 3.54. The van der Waals surface area contributed by atoms with Gasteiger partial charge in [-0.15, -0.1) is 0 Å². The lowest BCUT2D eigenvalue weighted by Crippen LogP contribution is -2.18. The molecule has 6 nitrogen and oxygen atoms in total. The summed E-state index contributed by atoms with van der Waals surface area (Å²) in [5.41, 5.74) is 3.11. The van der Waals surface area contributed by atoms with Crippen molar-refractivity contribution in [3.05, 3.63) is 51.1 Å². The van der Waals surface area contributed by atoms with Gasteiger partial charge in [0.1, 0.15) is 5.69 Å². The van der Waals surface area contributed by atoms with Gasteiger partial charge in [0.15, 0.2) is 5.65 Å². The van der Waals surface area contributed by atoms with Crippen molar-refractivity contribution in [3.63, 3.8) is 0 Å². The molecule has 0 saturated heterocycles. The van der Waals surface area contributed by atoms with Crippen LogP contribution in [0.2, 0.25) is 0 Å². The predicted molar refractivity (Wildman–Crippen MR) is 92.4 cm³/mol. The Morgan fingerprint density at radius 3 is 2.78 bits per heavy atom. The molecule has 0 saturated carbocycles. The van der Waals surface area contributed by atoms with E-state index in [0.29, 0.717) is 29.9 Å². The molecule has 8 heteroatoms. The molecule has 0 atom stereocenters. The van der Waals surface area contributed by atoms with E-state index in [1.165, 1.54) is 0 Å². The van der Waals surface area contributed by atoms with Crippen LogP contribution in [0.1, 0.15) is 22.6 Å². The largest absolute Gasteiger partial charge is 0.285 e. The van der Waals surface area contributed by atoms with Crippen LogP contribution in [0, 0.1) is 0 Å².